The van der Waals surface area contributed by atoms with Gasteiger partial charge in [0.25, 0.3) is 5.91 Å². The molecule has 1 amide bonds. The molecule has 0 saturated carbocycles. The molecule has 2 aromatic carbocycles. The molecule has 0 saturated heterocycles. The second-order valence-corrected chi connectivity index (χ2v) is 4.77. The molecule has 4 nitrogen and oxygen atoms in total. The summed E-state index contributed by atoms with van der Waals surface area (Å²) >= 11 is 0. The van der Waals surface area contributed by atoms with Crippen LogP contribution in [-0.4, -0.2) is 5.91 Å². The summed E-state index contributed by atoms with van der Waals surface area (Å²) in [5.41, 5.74) is 15.6. The number of anilines is 1. The van der Waals surface area contributed by atoms with Gasteiger partial charge in [0, 0.05) is 24.3 Å². The van der Waals surface area contributed by atoms with E-state index in [0.29, 0.717) is 24.3 Å². The van der Waals surface area contributed by atoms with E-state index in [9.17, 15) is 4.79 Å². The average molecular weight is 269 g/mol. The monoisotopic (exact) mass is 269 g/mol. The lowest BCUT2D eigenvalue weighted by atomic mass is 10.1. The van der Waals surface area contributed by atoms with E-state index >= 15 is 0 Å². The Labute approximate surface area is 118 Å². The zero-order chi connectivity index (χ0) is 14.5. The van der Waals surface area contributed by atoms with Crippen molar-refractivity contribution < 1.29 is 4.79 Å². The fourth-order valence-electron chi connectivity index (χ4n) is 1.89. The number of hydrogen-bond donors (Lipinski definition) is 3. The predicted molar refractivity (Wildman–Crippen MR) is 81.1 cm³/mol. The Morgan fingerprint density at radius 1 is 1.10 bits per heavy atom. The van der Waals surface area contributed by atoms with Crippen molar-refractivity contribution in [3.63, 3.8) is 0 Å². The first-order valence-corrected chi connectivity index (χ1v) is 6.52. The maximum Gasteiger partial charge on any atom is 0.251 e. The number of nitrogens with two attached hydrogens (primary N) is 2. The molecule has 0 bridgehead atoms. The lowest BCUT2D eigenvalue weighted by Crippen LogP contribution is -2.22. The molecule has 2 rings (SSSR count). The number of aryl methyl sites for hydroxylation is 1. The molecule has 0 aliphatic carbocycles. The summed E-state index contributed by atoms with van der Waals surface area (Å²) in [7, 11) is 0. The second-order valence-electron chi connectivity index (χ2n) is 4.77. The summed E-state index contributed by atoms with van der Waals surface area (Å²) < 4.78 is 0. The molecule has 0 aromatic heterocycles. The number of rotatable bonds is 4. The Hall–Kier alpha value is -2.33. The molecule has 2 aromatic rings. The number of carbonyl (C=O) groups excluding carboxylic acids is 1. The van der Waals surface area contributed by atoms with Crippen LogP contribution in [0.5, 0.6) is 0 Å². The Morgan fingerprint density at radius 2 is 1.75 bits per heavy atom. The Balaban J connectivity index is 1.98. The van der Waals surface area contributed by atoms with Crippen LogP contribution in [0.1, 0.15) is 27.0 Å². The highest BCUT2D eigenvalue weighted by Gasteiger charge is 2.06. The molecule has 4 heteroatoms. The van der Waals surface area contributed by atoms with Gasteiger partial charge in [0.15, 0.2) is 0 Å². The standard InChI is InChI=1S/C16H19N3O/c1-11-8-14(6-7-15(11)18)16(20)19-10-13-4-2-12(9-17)3-5-13/h2-8H,9-10,17-18H2,1H3,(H,19,20). The van der Waals surface area contributed by atoms with Gasteiger partial charge in [-0.3, -0.25) is 4.79 Å². The van der Waals surface area contributed by atoms with Crippen LogP contribution in [0.25, 0.3) is 0 Å². The van der Waals surface area contributed by atoms with Gasteiger partial charge in [-0.15, -0.1) is 0 Å². The Morgan fingerprint density at radius 3 is 2.35 bits per heavy atom. The number of benzene rings is 2. The molecule has 0 aliphatic rings. The highest BCUT2D eigenvalue weighted by atomic mass is 16.1. The van der Waals surface area contributed by atoms with Crippen LogP contribution in [0.15, 0.2) is 42.5 Å². The number of nitrogen functional groups attached to an aromatic ring is 1. The van der Waals surface area contributed by atoms with Crippen molar-refractivity contribution in [2.24, 2.45) is 5.73 Å². The minimum absolute atomic E-state index is 0.101. The number of hydrogen-bond acceptors (Lipinski definition) is 3. The number of nitrogens with one attached hydrogen (secondary N) is 1. The third kappa shape index (κ3) is 3.36. The Bertz CT molecular complexity index is 606. The van der Waals surface area contributed by atoms with Gasteiger partial charge in [-0.2, -0.15) is 0 Å². The van der Waals surface area contributed by atoms with Crippen molar-refractivity contribution in [2.75, 3.05) is 5.73 Å². The summed E-state index contributed by atoms with van der Waals surface area (Å²) in [5, 5.41) is 2.89. The van der Waals surface area contributed by atoms with Crippen LogP contribution in [0.4, 0.5) is 5.69 Å². The van der Waals surface area contributed by atoms with Gasteiger partial charge in [0.2, 0.25) is 0 Å². The minimum atomic E-state index is -0.101. The molecule has 0 radical (unpaired) electrons. The van der Waals surface area contributed by atoms with E-state index in [1.165, 1.54) is 0 Å². The quantitative estimate of drug-likeness (QED) is 0.742. The zero-order valence-electron chi connectivity index (χ0n) is 11.5. The van der Waals surface area contributed by atoms with Gasteiger partial charge in [-0.25, -0.2) is 0 Å². The smallest absolute Gasteiger partial charge is 0.251 e. The summed E-state index contributed by atoms with van der Waals surface area (Å²) in [5.74, 6) is -0.101. The van der Waals surface area contributed by atoms with Gasteiger partial charge >= 0.3 is 0 Å². The summed E-state index contributed by atoms with van der Waals surface area (Å²) in [6.07, 6.45) is 0. The molecular formula is C16H19N3O. The van der Waals surface area contributed by atoms with Crippen LogP contribution < -0.4 is 16.8 Å². The largest absolute Gasteiger partial charge is 0.399 e. The third-order valence-electron chi connectivity index (χ3n) is 3.24. The molecule has 5 N–H and O–H groups in total. The zero-order valence-corrected chi connectivity index (χ0v) is 11.5. The van der Waals surface area contributed by atoms with Crippen molar-refractivity contribution in [3.8, 4) is 0 Å². The molecular weight excluding hydrogens is 250 g/mol. The molecule has 0 heterocycles. The lowest BCUT2D eigenvalue weighted by molar-refractivity contribution is 0.0951. The van der Waals surface area contributed by atoms with Gasteiger partial charge < -0.3 is 16.8 Å². The van der Waals surface area contributed by atoms with Crippen molar-refractivity contribution in [1.29, 1.82) is 0 Å². The van der Waals surface area contributed by atoms with E-state index in [2.05, 4.69) is 5.32 Å². The minimum Gasteiger partial charge on any atom is -0.399 e. The van der Waals surface area contributed by atoms with E-state index < -0.39 is 0 Å². The molecule has 0 aliphatic heterocycles. The molecule has 0 fully saturated rings. The van der Waals surface area contributed by atoms with Crippen molar-refractivity contribution in [2.45, 2.75) is 20.0 Å². The van der Waals surface area contributed by atoms with Crippen LogP contribution in [0.3, 0.4) is 0 Å². The first-order chi connectivity index (χ1) is 9.60. The molecule has 104 valence electrons. The predicted octanol–water partition coefficient (Wildman–Crippen LogP) is 1.97. The van der Waals surface area contributed by atoms with Crippen LogP contribution in [0, 0.1) is 6.92 Å². The van der Waals surface area contributed by atoms with Gasteiger partial charge in [0.1, 0.15) is 0 Å². The summed E-state index contributed by atoms with van der Waals surface area (Å²) in [6.45, 7) is 2.90. The molecule has 0 atom stereocenters. The molecule has 0 unspecified atom stereocenters. The summed E-state index contributed by atoms with van der Waals surface area (Å²) in [6, 6.07) is 13.1. The SMILES string of the molecule is Cc1cc(C(=O)NCc2ccc(CN)cc2)ccc1N. The topological polar surface area (TPSA) is 81.1 Å². The normalized spacial score (nSPS) is 10.3. The molecule has 0 spiro atoms. The fraction of sp³-hybridized carbons (Fsp3) is 0.188. The maximum absolute atomic E-state index is 12.0. The highest BCUT2D eigenvalue weighted by Crippen LogP contribution is 2.12. The Kier molecular flexibility index (Phi) is 4.38. The van der Waals surface area contributed by atoms with E-state index in [1.807, 2.05) is 31.2 Å². The van der Waals surface area contributed by atoms with E-state index in [-0.39, 0.29) is 5.91 Å². The highest BCUT2D eigenvalue weighted by molar-refractivity contribution is 5.94. The van der Waals surface area contributed by atoms with Crippen molar-refractivity contribution in [1.82, 2.24) is 5.32 Å². The number of carbonyl (C=O) groups is 1. The molecule has 20 heavy (non-hydrogen) atoms. The number of amides is 1. The van der Waals surface area contributed by atoms with Crippen LogP contribution in [-0.2, 0) is 13.1 Å². The van der Waals surface area contributed by atoms with E-state index in [0.717, 1.165) is 16.7 Å². The van der Waals surface area contributed by atoms with Crippen molar-refractivity contribution in [3.05, 3.63) is 64.7 Å². The fourth-order valence-corrected chi connectivity index (χ4v) is 1.89. The third-order valence-corrected chi connectivity index (χ3v) is 3.24. The maximum atomic E-state index is 12.0. The first kappa shape index (κ1) is 14.1. The second kappa shape index (κ2) is 6.21. The average Bonchev–Trinajstić information content (AvgIpc) is 2.48. The summed E-state index contributed by atoms with van der Waals surface area (Å²) in [4.78, 5) is 12.0. The van der Waals surface area contributed by atoms with Gasteiger partial charge in [-0.1, -0.05) is 24.3 Å². The lowest BCUT2D eigenvalue weighted by Gasteiger charge is -2.08. The first-order valence-electron chi connectivity index (χ1n) is 6.52. The van der Waals surface area contributed by atoms with Crippen LogP contribution >= 0.6 is 0 Å². The van der Waals surface area contributed by atoms with Gasteiger partial charge in [0.05, 0.1) is 0 Å². The van der Waals surface area contributed by atoms with Crippen molar-refractivity contribution >= 4 is 11.6 Å². The van der Waals surface area contributed by atoms with E-state index in [4.69, 9.17) is 11.5 Å². The van der Waals surface area contributed by atoms with Gasteiger partial charge in [-0.05, 0) is 41.8 Å². The van der Waals surface area contributed by atoms with E-state index in [1.54, 1.807) is 18.2 Å². The van der Waals surface area contributed by atoms with Crippen LogP contribution in [0.2, 0.25) is 0 Å².